The number of hydrogen-bond acceptors (Lipinski definition) is 2. The monoisotopic (exact) mass is 332 g/mol. The summed E-state index contributed by atoms with van der Waals surface area (Å²) in [5.41, 5.74) is 1.95. The van der Waals surface area contributed by atoms with E-state index < -0.39 is 10.8 Å². The lowest BCUT2D eigenvalue weighted by molar-refractivity contribution is 0.525. The molecule has 0 N–H and O–H groups in total. The molecule has 2 unspecified atom stereocenters. The van der Waals surface area contributed by atoms with Crippen LogP contribution in [0.1, 0.15) is 25.2 Å². The minimum Gasteiger partial charge on any atom is -0.325 e. The number of nitrogens with zero attached hydrogens (tertiary/aromatic N) is 2. The second-order valence-electron chi connectivity index (χ2n) is 4.89. The number of benzene rings is 1. The van der Waals surface area contributed by atoms with Crippen LogP contribution in [0.15, 0.2) is 18.2 Å². The fourth-order valence-electron chi connectivity index (χ4n) is 2.34. The van der Waals surface area contributed by atoms with Crippen LogP contribution in [0.2, 0.25) is 5.02 Å². The van der Waals surface area contributed by atoms with E-state index in [1.54, 1.807) is 6.26 Å². The second kappa shape index (κ2) is 6.92. The van der Waals surface area contributed by atoms with Crippen LogP contribution < -0.4 is 0 Å². The highest BCUT2D eigenvalue weighted by Gasteiger charge is 2.16. The zero-order valence-electron chi connectivity index (χ0n) is 11.6. The molecule has 1 aromatic heterocycles. The number of fused-ring (bicyclic) bond motifs is 1. The molecule has 1 heterocycles. The number of aryl methyl sites for hydroxylation is 1. The van der Waals surface area contributed by atoms with Gasteiger partial charge in [0, 0.05) is 46.2 Å². The van der Waals surface area contributed by atoms with Gasteiger partial charge in [-0.2, -0.15) is 0 Å². The van der Waals surface area contributed by atoms with E-state index in [-0.39, 0.29) is 6.04 Å². The molecule has 0 aliphatic heterocycles. The molecule has 0 amide bonds. The van der Waals surface area contributed by atoms with Gasteiger partial charge in [-0.05, 0) is 31.5 Å². The molecule has 20 heavy (non-hydrogen) atoms. The Kier molecular flexibility index (Phi) is 5.47. The van der Waals surface area contributed by atoms with Crippen molar-refractivity contribution in [3.05, 3.63) is 29.0 Å². The minimum atomic E-state index is -0.776. The topological polar surface area (TPSA) is 34.9 Å². The fourth-order valence-corrected chi connectivity index (χ4v) is 3.35. The quantitative estimate of drug-likeness (QED) is 0.754. The predicted molar refractivity (Wildman–Crippen MR) is 87.4 cm³/mol. The summed E-state index contributed by atoms with van der Waals surface area (Å²) in [5.74, 6) is 2.18. The van der Waals surface area contributed by atoms with Gasteiger partial charge in [0.1, 0.15) is 5.82 Å². The molecule has 3 nitrogen and oxygen atoms in total. The lowest BCUT2D eigenvalue weighted by Gasteiger charge is -2.17. The van der Waals surface area contributed by atoms with E-state index in [9.17, 15) is 4.21 Å². The van der Waals surface area contributed by atoms with E-state index in [4.69, 9.17) is 23.2 Å². The summed E-state index contributed by atoms with van der Waals surface area (Å²) < 4.78 is 13.5. The molecule has 1 aromatic carbocycles. The van der Waals surface area contributed by atoms with E-state index in [1.165, 1.54) is 0 Å². The zero-order chi connectivity index (χ0) is 14.7. The molecule has 2 atom stereocenters. The molecule has 110 valence electrons. The van der Waals surface area contributed by atoms with Gasteiger partial charge in [0.05, 0.1) is 11.0 Å². The molecule has 6 heteroatoms. The molecule has 2 rings (SSSR count). The van der Waals surface area contributed by atoms with Crippen LogP contribution in [0, 0.1) is 0 Å². The Morgan fingerprint density at radius 3 is 2.85 bits per heavy atom. The first-order valence-corrected chi connectivity index (χ1v) is 9.19. The van der Waals surface area contributed by atoms with Gasteiger partial charge < -0.3 is 4.57 Å². The molecule has 0 aliphatic rings. The number of imidazole rings is 1. The summed E-state index contributed by atoms with van der Waals surface area (Å²) >= 11 is 11.9. The van der Waals surface area contributed by atoms with Crippen molar-refractivity contribution in [3.63, 3.8) is 0 Å². The highest BCUT2D eigenvalue weighted by atomic mass is 35.5. The van der Waals surface area contributed by atoms with Crippen LogP contribution in [0.3, 0.4) is 0 Å². The number of alkyl halides is 1. The van der Waals surface area contributed by atoms with Gasteiger partial charge in [-0.15, -0.1) is 11.6 Å². The van der Waals surface area contributed by atoms with E-state index in [0.29, 0.717) is 23.1 Å². The van der Waals surface area contributed by atoms with E-state index in [0.717, 1.165) is 23.3 Å². The smallest absolute Gasteiger partial charge is 0.111 e. The average molecular weight is 333 g/mol. The van der Waals surface area contributed by atoms with Gasteiger partial charge in [0.15, 0.2) is 0 Å². The van der Waals surface area contributed by atoms with Gasteiger partial charge in [-0.3, -0.25) is 4.21 Å². The van der Waals surface area contributed by atoms with Crippen LogP contribution >= 0.6 is 23.2 Å². The van der Waals surface area contributed by atoms with Gasteiger partial charge in [0.2, 0.25) is 0 Å². The van der Waals surface area contributed by atoms with Crippen molar-refractivity contribution in [2.45, 2.75) is 25.8 Å². The maximum atomic E-state index is 11.3. The van der Waals surface area contributed by atoms with Gasteiger partial charge in [0.25, 0.3) is 0 Å². The second-order valence-corrected chi connectivity index (χ2v) is 7.25. The lowest BCUT2D eigenvalue weighted by atomic mass is 10.2. The summed E-state index contributed by atoms with van der Waals surface area (Å²) in [6.07, 6.45) is 3.30. The minimum absolute atomic E-state index is 0.239. The third-order valence-corrected chi connectivity index (χ3v) is 4.54. The zero-order valence-corrected chi connectivity index (χ0v) is 13.9. The molecule has 0 aliphatic carbocycles. The predicted octanol–water partition coefficient (Wildman–Crippen LogP) is 3.80. The van der Waals surface area contributed by atoms with Crippen molar-refractivity contribution in [1.29, 1.82) is 0 Å². The Balaban J connectivity index is 2.42. The van der Waals surface area contributed by atoms with Crippen molar-refractivity contribution in [3.8, 4) is 0 Å². The van der Waals surface area contributed by atoms with Gasteiger partial charge in [-0.25, -0.2) is 4.98 Å². The Morgan fingerprint density at radius 1 is 1.45 bits per heavy atom. The number of rotatable bonds is 6. The van der Waals surface area contributed by atoms with Gasteiger partial charge >= 0.3 is 0 Å². The van der Waals surface area contributed by atoms with E-state index in [1.807, 2.05) is 18.2 Å². The molecule has 0 spiro atoms. The summed E-state index contributed by atoms with van der Waals surface area (Å²) in [6.45, 7) is 2.13. The number of aromatic nitrogens is 2. The molecule has 0 radical (unpaired) electrons. The van der Waals surface area contributed by atoms with Crippen molar-refractivity contribution in [2.75, 3.05) is 17.9 Å². The van der Waals surface area contributed by atoms with Crippen molar-refractivity contribution >= 4 is 45.0 Å². The van der Waals surface area contributed by atoms with Crippen molar-refractivity contribution < 1.29 is 4.21 Å². The molecular formula is C14H18Cl2N2OS. The van der Waals surface area contributed by atoms with Crippen LogP contribution in [0.4, 0.5) is 0 Å². The van der Waals surface area contributed by atoms with Gasteiger partial charge in [-0.1, -0.05) is 11.6 Å². The van der Waals surface area contributed by atoms with Crippen molar-refractivity contribution in [1.82, 2.24) is 9.55 Å². The summed E-state index contributed by atoms with van der Waals surface area (Å²) in [7, 11) is -0.776. The maximum Gasteiger partial charge on any atom is 0.111 e. The molecule has 0 bridgehead atoms. The SMILES string of the molecule is CC(CCS(C)=O)n1c(CCCl)nc2cc(Cl)ccc21. The van der Waals surface area contributed by atoms with Crippen molar-refractivity contribution in [2.24, 2.45) is 0 Å². The number of halogens is 2. The molecule has 2 aromatic rings. The lowest BCUT2D eigenvalue weighted by Crippen LogP contribution is -2.12. The Bertz CT molecular complexity index is 627. The first kappa shape index (κ1) is 15.8. The van der Waals surface area contributed by atoms with Crippen LogP contribution in [0.5, 0.6) is 0 Å². The Hall–Kier alpha value is -0.580. The fraction of sp³-hybridized carbons (Fsp3) is 0.500. The van der Waals surface area contributed by atoms with E-state index >= 15 is 0 Å². The molecule has 0 saturated heterocycles. The summed E-state index contributed by atoms with van der Waals surface area (Å²) in [5, 5.41) is 0.682. The standard InChI is InChI=1S/C14H18Cl2N2OS/c1-10(6-8-20(2)19)18-13-4-3-11(16)9-12(13)17-14(18)5-7-15/h3-4,9-10H,5-8H2,1-2H3. The summed E-state index contributed by atoms with van der Waals surface area (Å²) in [6, 6.07) is 5.97. The Labute approximate surface area is 131 Å². The van der Waals surface area contributed by atoms with Crippen LogP contribution in [0.25, 0.3) is 11.0 Å². The molecule has 0 saturated carbocycles. The third-order valence-electron chi connectivity index (χ3n) is 3.31. The van der Waals surface area contributed by atoms with E-state index in [2.05, 4.69) is 16.5 Å². The van der Waals surface area contributed by atoms with Crippen LogP contribution in [-0.4, -0.2) is 31.6 Å². The maximum absolute atomic E-state index is 11.3. The average Bonchev–Trinajstić information content (AvgIpc) is 2.73. The molecular weight excluding hydrogens is 315 g/mol. The Morgan fingerprint density at radius 2 is 2.20 bits per heavy atom. The third kappa shape index (κ3) is 3.54. The highest BCUT2D eigenvalue weighted by molar-refractivity contribution is 7.84. The molecule has 0 fully saturated rings. The van der Waals surface area contributed by atoms with Crippen LogP contribution in [-0.2, 0) is 17.2 Å². The normalized spacial score (nSPS) is 14.6. The first-order valence-electron chi connectivity index (χ1n) is 6.55. The summed E-state index contributed by atoms with van der Waals surface area (Å²) in [4.78, 5) is 4.63. The largest absolute Gasteiger partial charge is 0.325 e. The highest BCUT2D eigenvalue weighted by Crippen LogP contribution is 2.26. The number of hydrogen-bond donors (Lipinski definition) is 0. The first-order chi connectivity index (χ1) is 9.52.